The topological polar surface area (TPSA) is 54.9 Å². The first kappa shape index (κ1) is 15.0. The minimum absolute atomic E-state index is 0.0247. The van der Waals surface area contributed by atoms with Crippen LogP contribution in [0.25, 0.3) is 10.6 Å². The summed E-state index contributed by atoms with van der Waals surface area (Å²) in [6.45, 7) is 4.13. The number of aromatic nitrogens is 2. The third-order valence-corrected chi connectivity index (χ3v) is 3.96. The highest BCUT2D eigenvalue weighted by Crippen LogP contribution is 2.35. The van der Waals surface area contributed by atoms with E-state index in [-0.39, 0.29) is 11.8 Å². The van der Waals surface area contributed by atoms with Gasteiger partial charge in [0.15, 0.2) is 0 Å². The second-order valence-electron chi connectivity index (χ2n) is 4.65. The fourth-order valence-electron chi connectivity index (χ4n) is 1.72. The van der Waals surface area contributed by atoms with Crippen molar-refractivity contribution < 1.29 is 4.79 Å². The molecule has 0 fully saturated rings. The van der Waals surface area contributed by atoms with Gasteiger partial charge in [-0.15, -0.1) is 0 Å². The van der Waals surface area contributed by atoms with Crippen LogP contribution in [0.5, 0.6) is 0 Å². The largest absolute Gasteiger partial charge is 0.316 e. The van der Waals surface area contributed by atoms with E-state index in [9.17, 15) is 4.79 Å². The molecule has 0 bridgehead atoms. The van der Waals surface area contributed by atoms with Gasteiger partial charge in [0.25, 0.3) is 0 Å². The summed E-state index contributed by atoms with van der Waals surface area (Å²) >= 11 is 5.56. The first-order chi connectivity index (χ1) is 9.61. The number of carbonyl (C=O) groups excluding carboxylic acids is 1. The van der Waals surface area contributed by atoms with E-state index < -0.39 is 0 Å². The number of carbonyl (C=O) groups is 1. The van der Waals surface area contributed by atoms with Gasteiger partial charge in [-0.3, -0.25) is 9.78 Å². The molecule has 0 aliphatic heterocycles. The van der Waals surface area contributed by atoms with Crippen LogP contribution in [0, 0.1) is 0 Å². The van der Waals surface area contributed by atoms with E-state index in [4.69, 9.17) is 0 Å². The van der Waals surface area contributed by atoms with E-state index >= 15 is 0 Å². The molecule has 2 heterocycles. The first-order valence-electron chi connectivity index (χ1n) is 6.43. The number of hydrogen-bond donors (Lipinski definition) is 2. The molecule has 1 N–H and O–H groups in total. The Hall–Kier alpha value is -1.40. The summed E-state index contributed by atoms with van der Waals surface area (Å²) in [6.07, 6.45) is 3.92. The zero-order chi connectivity index (χ0) is 14.5. The fraction of sp³-hybridized carbons (Fsp3) is 0.357. The summed E-state index contributed by atoms with van der Waals surface area (Å²) in [5.74, 6) is 0.767. The molecule has 0 saturated carbocycles. The van der Waals surface area contributed by atoms with Crippen LogP contribution in [0.1, 0.15) is 31.9 Å². The van der Waals surface area contributed by atoms with Gasteiger partial charge in [0.1, 0.15) is 10.0 Å². The second kappa shape index (κ2) is 6.85. The Balaban J connectivity index is 2.31. The third kappa shape index (κ3) is 3.58. The number of rotatable bonds is 5. The number of thiol groups is 1. The van der Waals surface area contributed by atoms with E-state index in [1.165, 1.54) is 11.3 Å². The van der Waals surface area contributed by atoms with E-state index in [1.54, 1.807) is 12.4 Å². The van der Waals surface area contributed by atoms with E-state index in [0.29, 0.717) is 12.2 Å². The molecule has 0 atom stereocenters. The van der Waals surface area contributed by atoms with Crippen LogP contribution in [0.3, 0.4) is 0 Å². The van der Waals surface area contributed by atoms with Gasteiger partial charge in [0.05, 0.1) is 5.69 Å². The maximum Gasteiger partial charge on any atom is 0.225 e. The van der Waals surface area contributed by atoms with E-state index in [0.717, 1.165) is 21.3 Å². The Kier molecular flexibility index (Phi) is 5.14. The van der Waals surface area contributed by atoms with Gasteiger partial charge in [0.2, 0.25) is 5.91 Å². The average Bonchev–Trinajstić information content (AvgIpc) is 2.84. The Morgan fingerprint density at radius 3 is 2.90 bits per heavy atom. The van der Waals surface area contributed by atoms with Crippen molar-refractivity contribution in [3.8, 4) is 10.6 Å². The lowest BCUT2D eigenvalue weighted by molar-refractivity contribution is -0.115. The quantitative estimate of drug-likeness (QED) is 0.830. The number of nitrogens with one attached hydrogen (secondary N) is 1. The lowest BCUT2D eigenvalue weighted by Crippen LogP contribution is -2.12. The molecule has 106 valence electrons. The van der Waals surface area contributed by atoms with Crippen molar-refractivity contribution in [3.63, 3.8) is 0 Å². The van der Waals surface area contributed by atoms with E-state index in [1.807, 2.05) is 12.1 Å². The van der Waals surface area contributed by atoms with Gasteiger partial charge in [-0.1, -0.05) is 25.2 Å². The number of thiazole rings is 1. The molecule has 20 heavy (non-hydrogen) atoms. The molecular weight excluding hydrogens is 290 g/mol. The molecule has 4 nitrogen and oxygen atoms in total. The molecule has 1 amide bonds. The Morgan fingerprint density at radius 2 is 2.30 bits per heavy atom. The molecule has 0 radical (unpaired) electrons. The zero-order valence-electron chi connectivity index (χ0n) is 11.5. The van der Waals surface area contributed by atoms with Crippen molar-refractivity contribution in [2.24, 2.45) is 0 Å². The minimum atomic E-state index is -0.0247. The van der Waals surface area contributed by atoms with Gasteiger partial charge < -0.3 is 5.32 Å². The predicted molar refractivity (Wildman–Crippen MR) is 86.5 cm³/mol. The average molecular weight is 307 g/mol. The highest BCUT2D eigenvalue weighted by Gasteiger charge is 2.17. The minimum Gasteiger partial charge on any atom is -0.316 e. The lowest BCUT2D eigenvalue weighted by atomic mass is 10.1. The van der Waals surface area contributed by atoms with E-state index in [2.05, 4.69) is 41.8 Å². The smallest absolute Gasteiger partial charge is 0.225 e. The van der Waals surface area contributed by atoms with Gasteiger partial charge in [-0.2, -0.15) is 12.6 Å². The number of hydrogen-bond acceptors (Lipinski definition) is 5. The van der Waals surface area contributed by atoms with Crippen LogP contribution in [0.4, 0.5) is 5.00 Å². The molecule has 0 aromatic carbocycles. The van der Waals surface area contributed by atoms with Crippen molar-refractivity contribution in [2.45, 2.75) is 26.2 Å². The summed E-state index contributed by atoms with van der Waals surface area (Å²) in [7, 11) is 0. The van der Waals surface area contributed by atoms with Crippen LogP contribution in [-0.2, 0) is 4.79 Å². The van der Waals surface area contributed by atoms with Crippen LogP contribution in [0.2, 0.25) is 0 Å². The molecule has 0 saturated heterocycles. The Labute approximate surface area is 128 Å². The standard InChI is InChI=1S/C14H17N3OS2/c1-9(2)12-14(16-11(18)5-7-19)20-13(17-12)10-4-3-6-15-8-10/h3-4,6,8-9,19H,5,7H2,1-2H3,(H,16,18). The summed E-state index contributed by atoms with van der Waals surface area (Å²) in [4.78, 5) is 20.5. The molecule has 2 aromatic rings. The SMILES string of the molecule is CC(C)c1nc(-c2cccnc2)sc1NC(=O)CCS. The van der Waals surface area contributed by atoms with Crippen LogP contribution in [0.15, 0.2) is 24.5 Å². The highest BCUT2D eigenvalue weighted by atomic mass is 32.1. The molecule has 2 rings (SSSR count). The summed E-state index contributed by atoms with van der Waals surface area (Å²) in [5.41, 5.74) is 1.88. The lowest BCUT2D eigenvalue weighted by Gasteiger charge is -2.06. The molecular formula is C14H17N3OS2. The van der Waals surface area contributed by atoms with Gasteiger partial charge >= 0.3 is 0 Å². The van der Waals surface area contributed by atoms with Crippen molar-refractivity contribution in [2.75, 3.05) is 11.1 Å². The fourth-order valence-corrected chi connectivity index (χ4v) is 3.05. The molecule has 6 heteroatoms. The molecule has 0 unspecified atom stereocenters. The third-order valence-electron chi connectivity index (χ3n) is 2.70. The monoisotopic (exact) mass is 307 g/mol. The van der Waals surface area contributed by atoms with Crippen molar-refractivity contribution in [1.82, 2.24) is 9.97 Å². The van der Waals surface area contributed by atoms with Crippen molar-refractivity contribution in [1.29, 1.82) is 0 Å². The van der Waals surface area contributed by atoms with Gasteiger partial charge in [-0.25, -0.2) is 4.98 Å². The highest BCUT2D eigenvalue weighted by molar-refractivity contribution is 7.80. The summed E-state index contributed by atoms with van der Waals surface area (Å²) < 4.78 is 0. The number of amides is 1. The zero-order valence-corrected chi connectivity index (χ0v) is 13.2. The van der Waals surface area contributed by atoms with Gasteiger partial charge in [-0.05, 0) is 23.8 Å². The van der Waals surface area contributed by atoms with Crippen LogP contribution >= 0.6 is 24.0 Å². The summed E-state index contributed by atoms with van der Waals surface area (Å²) in [5, 5.41) is 4.63. The number of anilines is 1. The first-order valence-corrected chi connectivity index (χ1v) is 7.88. The number of pyridine rings is 1. The van der Waals surface area contributed by atoms with Crippen molar-refractivity contribution >= 4 is 34.9 Å². The summed E-state index contributed by atoms with van der Waals surface area (Å²) in [6, 6.07) is 3.85. The Morgan fingerprint density at radius 1 is 1.50 bits per heavy atom. The second-order valence-corrected chi connectivity index (χ2v) is 6.10. The molecule has 0 spiro atoms. The molecule has 2 aromatic heterocycles. The molecule has 0 aliphatic carbocycles. The predicted octanol–water partition coefficient (Wildman–Crippen LogP) is 3.59. The van der Waals surface area contributed by atoms with Crippen molar-refractivity contribution in [3.05, 3.63) is 30.2 Å². The number of nitrogens with zero attached hydrogens (tertiary/aromatic N) is 2. The maximum absolute atomic E-state index is 11.7. The normalized spacial score (nSPS) is 10.8. The van der Waals surface area contributed by atoms with Crippen LogP contribution < -0.4 is 5.32 Å². The van der Waals surface area contributed by atoms with Gasteiger partial charge in [0, 0.05) is 24.4 Å². The Bertz CT molecular complexity index is 581. The van der Waals surface area contributed by atoms with Crippen LogP contribution in [-0.4, -0.2) is 21.6 Å². The molecule has 0 aliphatic rings. The maximum atomic E-state index is 11.7.